The molecule has 1 fully saturated rings. The van der Waals surface area contributed by atoms with Crippen LogP contribution in [0.1, 0.15) is 58.6 Å². The predicted octanol–water partition coefficient (Wildman–Crippen LogP) is 4.36. The van der Waals surface area contributed by atoms with Crippen molar-refractivity contribution in [3.63, 3.8) is 0 Å². The summed E-state index contributed by atoms with van der Waals surface area (Å²) in [5, 5.41) is 0. The van der Waals surface area contributed by atoms with Crippen LogP contribution in [0.3, 0.4) is 0 Å². The largest absolute Gasteiger partial charge is 0.372 e. The number of hydrogen-bond acceptors (Lipinski definition) is 2. The summed E-state index contributed by atoms with van der Waals surface area (Å²) in [6, 6.07) is 8.93. The van der Waals surface area contributed by atoms with Crippen molar-refractivity contribution in [2.45, 2.75) is 53.0 Å². The van der Waals surface area contributed by atoms with E-state index in [-0.39, 0.29) is 6.04 Å². The van der Waals surface area contributed by atoms with Gasteiger partial charge in [-0.05, 0) is 55.2 Å². The van der Waals surface area contributed by atoms with Gasteiger partial charge in [0.2, 0.25) is 0 Å². The van der Waals surface area contributed by atoms with Gasteiger partial charge >= 0.3 is 0 Å². The molecule has 1 heterocycles. The second kappa shape index (κ2) is 6.17. The summed E-state index contributed by atoms with van der Waals surface area (Å²) in [6.45, 7) is 11.5. The number of nitrogens with two attached hydrogens (primary N) is 1. The number of hydrogen-bond donors (Lipinski definition) is 1. The van der Waals surface area contributed by atoms with Crippen LogP contribution in [0.25, 0.3) is 0 Å². The predicted molar refractivity (Wildman–Crippen MR) is 88.1 cm³/mol. The van der Waals surface area contributed by atoms with Crippen molar-refractivity contribution in [1.29, 1.82) is 0 Å². The topological polar surface area (TPSA) is 29.3 Å². The van der Waals surface area contributed by atoms with Crippen LogP contribution in [0, 0.1) is 11.3 Å². The van der Waals surface area contributed by atoms with Gasteiger partial charge in [-0.15, -0.1) is 0 Å². The number of rotatable bonds is 2. The van der Waals surface area contributed by atoms with Gasteiger partial charge in [-0.1, -0.05) is 32.9 Å². The third-order valence-electron chi connectivity index (χ3n) is 4.74. The molecule has 0 bridgehead atoms. The minimum absolute atomic E-state index is 0.124. The van der Waals surface area contributed by atoms with Crippen LogP contribution in [0.2, 0.25) is 0 Å². The molecule has 1 aromatic rings. The third kappa shape index (κ3) is 3.76. The Morgan fingerprint density at radius 2 is 1.75 bits per heavy atom. The lowest BCUT2D eigenvalue weighted by Crippen LogP contribution is -2.26. The van der Waals surface area contributed by atoms with Crippen LogP contribution >= 0.6 is 0 Å². The van der Waals surface area contributed by atoms with E-state index in [0.29, 0.717) is 5.41 Å². The van der Waals surface area contributed by atoms with Crippen LogP contribution in [0.15, 0.2) is 24.3 Å². The quantitative estimate of drug-likeness (QED) is 0.868. The first-order valence-electron chi connectivity index (χ1n) is 7.98. The molecule has 2 heteroatoms. The van der Waals surface area contributed by atoms with Crippen molar-refractivity contribution >= 4 is 5.69 Å². The van der Waals surface area contributed by atoms with E-state index in [9.17, 15) is 0 Å². The molecule has 1 saturated heterocycles. The average Bonchev–Trinajstić information content (AvgIpc) is 2.64. The highest BCUT2D eigenvalue weighted by Crippen LogP contribution is 2.35. The molecular formula is C18H30N2. The van der Waals surface area contributed by atoms with E-state index in [1.54, 1.807) is 0 Å². The van der Waals surface area contributed by atoms with Crippen LogP contribution in [-0.2, 0) is 0 Å². The highest BCUT2D eigenvalue weighted by molar-refractivity contribution is 5.48. The molecule has 0 spiro atoms. The Bertz CT molecular complexity index is 414. The Morgan fingerprint density at radius 1 is 1.10 bits per heavy atom. The molecule has 1 aliphatic rings. The molecule has 0 aromatic heterocycles. The maximum Gasteiger partial charge on any atom is 0.0366 e. The Kier molecular flexibility index (Phi) is 4.74. The van der Waals surface area contributed by atoms with Crippen LogP contribution in [0.4, 0.5) is 5.69 Å². The number of nitrogens with zero attached hydrogens (tertiary/aromatic N) is 1. The van der Waals surface area contributed by atoms with Gasteiger partial charge in [0.05, 0.1) is 0 Å². The van der Waals surface area contributed by atoms with Crippen molar-refractivity contribution < 1.29 is 0 Å². The molecule has 112 valence electrons. The second-order valence-electron chi connectivity index (χ2n) is 7.36. The molecule has 0 radical (unpaired) electrons. The van der Waals surface area contributed by atoms with Crippen molar-refractivity contribution in [3.05, 3.63) is 29.8 Å². The number of benzene rings is 1. The van der Waals surface area contributed by atoms with Gasteiger partial charge in [0.1, 0.15) is 0 Å². The number of anilines is 1. The lowest BCUT2D eigenvalue weighted by atomic mass is 9.77. The molecule has 2 rings (SSSR count). The minimum Gasteiger partial charge on any atom is -0.372 e. The first kappa shape index (κ1) is 15.4. The standard InChI is InChI=1S/C18H30N2/c1-14(19)15-7-9-17(10-8-15)20-12-5-6-16(11-13-20)18(2,3)4/h7-10,14,16H,5-6,11-13,19H2,1-4H3/t14-,16?/m0/s1. The van der Waals surface area contributed by atoms with E-state index in [4.69, 9.17) is 5.73 Å². The first-order chi connectivity index (χ1) is 9.38. The van der Waals surface area contributed by atoms with Gasteiger partial charge in [-0.3, -0.25) is 0 Å². The van der Waals surface area contributed by atoms with E-state index >= 15 is 0 Å². The monoisotopic (exact) mass is 274 g/mol. The molecule has 2 N–H and O–H groups in total. The summed E-state index contributed by atoms with van der Waals surface area (Å²) in [7, 11) is 0. The van der Waals surface area contributed by atoms with Crippen molar-refractivity contribution in [2.24, 2.45) is 17.1 Å². The van der Waals surface area contributed by atoms with E-state index in [1.165, 1.54) is 43.6 Å². The highest BCUT2D eigenvalue weighted by atomic mass is 15.1. The van der Waals surface area contributed by atoms with Crippen LogP contribution in [0.5, 0.6) is 0 Å². The molecular weight excluding hydrogens is 244 g/mol. The van der Waals surface area contributed by atoms with Gasteiger partial charge in [-0.2, -0.15) is 0 Å². The van der Waals surface area contributed by atoms with Crippen LogP contribution in [-0.4, -0.2) is 13.1 Å². The molecule has 0 aliphatic carbocycles. The Balaban J connectivity index is 2.03. The first-order valence-corrected chi connectivity index (χ1v) is 7.98. The smallest absolute Gasteiger partial charge is 0.0366 e. The fourth-order valence-corrected chi connectivity index (χ4v) is 3.21. The molecule has 2 atom stereocenters. The summed E-state index contributed by atoms with van der Waals surface area (Å²) < 4.78 is 0. The fourth-order valence-electron chi connectivity index (χ4n) is 3.21. The maximum atomic E-state index is 5.92. The fraction of sp³-hybridized carbons (Fsp3) is 0.667. The highest BCUT2D eigenvalue weighted by Gasteiger charge is 2.27. The zero-order valence-corrected chi connectivity index (χ0v) is 13.5. The van der Waals surface area contributed by atoms with E-state index in [0.717, 1.165) is 5.92 Å². The Morgan fingerprint density at radius 3 is 2.30 bits per heavy atom. The van der Waals surface area contributed by atoms with Gasteiger partial charge < -0.3 is 10.6 Å². The zero-order valence-electron chi connectivity index (χ0n) is 13.5. The molecule has 1 aliphatic heterocycles. The zero-order chi connectivity index (χ0) is 14.8. The van der Waals surface area contributed by atoms with Crippen molar-refractivity contribution in [2.75, 3.05) is 18.0 Å². The molecule has 20 heavy (non-hydrogen) atoms. The average molecular weight is 274 g/mol. The lowest BCUT2D eigenvalue weighted by Gasteiger charge is -2.30. The molecule has 0 saturated carbocycles. The van der Waals surface area contributed by atoms with E-state index < -0.39 is 0 Å². The molecule has 1 unspecified atom stereocenters. The van der Waals surface area contributed by atoms with E-state index in [1.807, 2.05) is 6.92 Å². The van der Waals surface area contributed by atoms with Gasteiger partial charge in [0, 0.05) is 24.8 Å². The second-order valence-corrected chi connectivity index (χ2v) is 7.36. The molecule has 1 aromatic carbocycles. The lowest BCUT2D eigenvalue weighted by molar-refractivity contribution is 0.220. The van der Waals surface area contributed by atoms with Crippen molar-refractivity contribution in [3.8, 4) is 0 Å². The van der Waals surface area contributed by atoms with Crippen LogP contribution < -0.4 is 10.6 Å². The molecule has 0 amide bonds. The summed E-state index contributed by atoms with van der Waals surface area (Å²) in [5.74, 6) is 0.843. The Labute approximate surface area is 124 Å². The Hall–Kier alpha value is -1.02. The van der Waals surface area contributed by atoms with Gasteiger partial charge in [0.15, 0.2) is 0 Å². The SMILES string of the molecule is C[C@H](N)c1ccc(N2CCCC(C(C)(C)C)CC2)cc1. The maximum absolute atomic E-state index is 5.92. The van der Waals surface area contributed by atoms with Crippen molar-refractivity contribution in [1.82, 2.24) is 0 Å². The summed E-state index contributed by atoms with van der Waals surface area (Å²) in [5.41, 5.74) is 8.93. The van der Waals surface area contributed by atoms with Gasteiger partial charge in [-0.25, -0.2) is 0 Å². The summed E-state index contributed by atoms with van der Waals surface area (Å²) in [6.07, 6.45) is 3.97. The third-order valence-corrected chi connectivity index (χ3v) is 4.74. The summed E-state index contributed by atoms with van der Waals surface area (Å²) in [4.78, 5) is 2.54. The van der Waals surface area contributed by atoms with Gasteiger partial charge in [0.25, 0.3) is 0 Å². The summed E-state index contributed by atoms with van der Waals surface area (Å²) >= 11 is 0. The minimum atomic E-state index is 0.124. The molecule has 2 nitrogen and oxygen atoms in total. The van der Waals surface area contributed by atoms with E-state index in [2.05, 4.69) is 49.9 Å². The normalized spacial score (nSPS) is 22.4.